The van der Waals surface area contributed by atoms with Crippen LogP contribution in [0.4, 0.5) is 5.69 Å². The number of halogens is 1. The Bertz CT molecular complexity index is 519. The molecular formula is C13H16ClN3O2. The van der Waals surface area contributed by atoms with Crippen LogP contribution < -0.4 is 16.4 Å². The van der Waals surface area contributed by atoms with Crippen LogP contribution in [0.5, 0.6) is 0 Å². The van der Waals surface area contributed by atoms with Crippen molar-refractivity contribution in [1.82, 2.24) is 5.32 Å². The topological polar surface area (TPSA) is 84.2 Å². The minimum Gasteiger partial charge on any atom is -0.366 e. The molecule has 1 aromatic rings. The molecule has 1 aliphatic rings. The highest BCUT2D eigenvalue weighted by atomic mass is 35.5. The van der Waals surface area contributed by atoms with Crippen molar-refractivity contribution in [2.45, 2.75) is 19.4 Å². The first-order valence-corrected chi connectivity index (χ1v) is 6.50. The van der Waals surface area contributed by atoms with Crippen molar-refractivity contribution in [3.63, 3.8) is 0 Å². The van der Waals surface area contributed by atoms with E-state index in [0.29, 0.717) is 5.69 Å². The zero-order chi connectivity index (χ0) is 14.0. The largest absolute Gasteiger partial charge is 0.366 e. The van der Waals surface area contributed by atoms with Crippen molar-refractivity contribution in [2.24, 2.45) is 11.7 Å². The molecule has 1 aromatic carbocycles. The van der Waals surface area contributed by atoms with E-state index in [1.807, 2.05) is 6.92 Å². The third-order valence-corrected chi connectivity index (χ3v) is 3.68. The van der Waals surface area contributed by atoms with E-state index >= 15 is 0 Å². The molecule has 5 nitrogen and oxygen atoms in total. The maximum atomic E-state index is 12.1. The summed E-state index contributed by atoms with van der Waals surface area (Å²) in [6.45, 7) is 2.83. The lowest BCUT2D eigenvalue weighted by molar-refractivity contribution is -0.120. The quantitative estimate of drug-likeness (QED) is 0.782. The molecule has 0 bridgehead atoms. The van der Waals surface area contributed by atoms with Crippen LogP contribution in [0.15, 0.2) is 18.2 Å². The van der Waals surface area contributed by atoms with Crippen LogP contribution in [0.1, 0.15) is 23.7 Å². The standard InChI is InChI=1S/C13H16ClN3O2/c1-7-9(4-5-16-7)13(19)17-8-2-3-10(12(15)18)11(14)6-8/h2-3,6-7,9,16H,4-5H2,1H3,(H2,15,18)(H,17,19). The minimum absolute atomic E-state index is 0.0413. The van der Waals surface area contributed by atoms with Crippen molar-refractivity contribution >= 4 is 29.1 Å². The molecule has 2 unspecified atom stereocenters. The van der Waals surface area contributed by atoms with Gasteiger partial charge in [-0.3, -0.25) is 9.59 Å². The lowest BCUT2D eigenvalue weighted by Crippen LogP contribution is -2.32. The number of rotatable bonds is 3. The number of primary amides is 1. The molecule has 2 atom stereocenters. The molecule has 1 heterocycles. The fourth-order valence-electron chi connectivity index (χ4n) is 2.24. The summed E-state index contributed by atoms with van der Waals surface area (Å²) in [5.74, 6) is -0.675. The van der Waals surface area contributed by atoms with E-state index in [0.717, 1.165) is 13.0 Å². The predicted molar refractivity (Wildman–Crippen MR) is 74.2 cm³/mol. The van der Waals surface area contributed by atoms with E-state index in [1.165, 1.54) is 12.1 Å². The van der Waals surface area contributed by atoms with Crippen molar-refractivity contribution < 1.29 is 9.59 Å². The highest BCUT2D eigenvalue weighted by Gasteiger charge is 2.29. The first kappa shape index (κ1) is 13.8. The molecule has 1 saturated heterocycles. The molecule has 2 amide bonds. The van der Waals surface area contributed by atoms with Crippen LogP contribution >= 0.6 is 11.6 Å². The number of nitrogens with one attached hydrogen (secondary N) is 2. The number of anilines is 1. The second kappa shape index (κ2) is 5.59. The van der Waals surface area contributed by atoms with Crippen LogP contribution in [0.3, 0.4) is 0 Å². The Balaban J connectivity index is 2.09. The van der Waals surface area contributed by atoms with Gasteiger partial charge in [0.05, 0.1) is 16.5 Å². The van der Waals surface area contributed by atoms with E-state index < -0.39 is 5.91 Å². The summed E-state index contributed by atoms with van der Waals surface area (Å²) in [5.41, 5.74) is 5.98. The summed E-state index contributed by atoms with van der Waals surface area (Å²) >= 11 is 5.93. The molecule has 0 radical (unpaired) electrons. The second-order valence-corrected chi connectivity index (χ2v) is 5.09. The Hall–Kier alpha value is -1.59. The summed E-state index contributed by atoms with van der Waals surface area (Å²) in [6.07, 6.45) is 0.820. The zero-order valence-electron chi connectivity index (χ0n) is 10.6. The van der Waals surface area contributed by atoms with Gasteiger partial charge in [-0.05, 0) is 38.1 Å². The fraction of sp³-hybridized carbons (Fsp3) is 0.385. The van der Waals surface area contributed by atoms with E-state index in [9.17, 15) is 9.59 Å². The molecule has 102 valence electrons. The highest BCUT2D eigenvalue weighted by Crippen LogP contribution is 2.22. The normalized spacial score (nSPS) is 22.2. The van der Waals surface area contributed by atoms with Gasteiger partial charge >= 0.3 is 0 Å². The van der Waals surface area contributed by atoms with Gasteiger partial charge < -0.3 is 16.4 Å². The SMILES string of the molecule is CC1NCCC1C(=O)Nc1ccc(C(N)=O)c(Cl)c1. The van der Waals surface area contributed by atoms with E-state index in [-0.39, 0.29) is 28.5 Å². The van der Waals surface area contributed by atoms with Gasteiger partial charge in [0.25, 0.3) is 0 Å². The maximum Gasteiger partial charge on any atom is 0.250 e. The number of carbonyl (C=O) groups excluding carboxylic acids is 2. The zero-order valence-corrected chi connectivity index (χ0v) is 11.3. The predicted octanol–water partition coefficient (Wildman–Crippen LogP) is 1.38. The summed E-state index contributed by atoms with van der Waals surface area (Å²) < 4.78 is 0. The molecular weight excluding hydrogens is 266 g/mol. The van der Waals surface area contributed by atoms with E-state index in [2.05, 4.69) is 10.6 Å². The second-order valence-electron chi connectivity index (χ2n) is 4.69. The lowest BCUT2D eigenvalue weighted by Gasteiger charge is -2.15. The molecule has 4 N–H and O–H groups in total. The molecule has 1 aliphatic heterocycles. The van der Waals surface area contributed by atoms with Gasteiger partial charge in [0.2, 0.25) is 11.8 Å². The van der Waals surface area contributed by atoms with Crippen LogP contribution in [-0.2, 0) is 4.79 Å². The van der Waals surface area contributed by atoms with Crippen LogP contribution in [-0.4, -0.2) is 24.4 Å². The number of hydrogen-bond acceptors (Lipinski definition) is 3. The van der Waals surface area contributed by atoms with Gasteiger partial charge in [-0.15, -0.1) is 0 Å². The molecule has 0 aliphatic carbocycles. The molecule has 1 fully saturated rings. The summed E-state index contributed by atoms with van der Waals surface area (Å²) in [6, 6.07) is 4.83. The first-order chi connectivity index (χ1) is 8.99. The maximum absolute atomic E-state index is 12.1. The number of hydrogen-bond donors (Lipinski definition) is 3. The monoisotopic (exact) mass is 281 g/mol. The fourth-order valence-corrected chi connectivity index (χ4v) is 2.52. The van der Waals surface area contributed by atoms with Gasteiger partial charge in [-0.1, -0.05) is 11.6 Å². The summed E-state index contributed by atoms with van der Waals surface area (Å²) in [5, 5.41) is 6.27. The van der Waals surface area contributed by atoms with Gasteiger partial charge in [0, 0.05) is 11.7 Å². The molecule has 0 spiro atoms. The third kappa shape index (κ3) is 3.05. The van der Waals surface area contributed by atoms with Crippen molar-refractivity contribution in [3.05, 3.63) is 28.8 Å². The summed E-state index contributed by atoms with van der Waals surface area (Å²) in [7, 11) is 0. The number of amides is 2. The molecule has 6 heteroatoms. The average Bonchev–Trinajstić information content (AvgIpc) is 2.75. The Morgan fingerprint density at radius 2 is 2.21 bits per heavy atom. The average molecular weight is 282 g/mol. The Labute approximate surface area is 116 Å². The molecule has 19 heavy (non-hydrogen) atoms. The lowest BCUT2D eigenvalue weighted by atomic mass is 10.0. The molecule has 0 aromatic heterocycles. The highest BCUT2D eigenvalue weighted by molar-refractivity contribution is 6.34. The number of benzene rings is 1. The van der Waals surface area contributed by atoms with Gasteiger partial charge in [-0.2, -0.15) is 0 Å². The van der Waals surface area contributed by atoms with Gasteiger partial charge in [0.15, 0.2) is 0 Å². The number of carbonyl (C=O) groups is 2. The first-order valence-electron chi connectivity index (χ1n) is 6.12. The third-order valence-electron chi connectivity index (χ3n) is 3.36. The minimum atomic E-state index is -0.587. The molecule has 0 saturated carbocycles. The summed E-state index contributed by atoms with van der Waals surface area (Å²) in [4.78, 5) is 23.1. The number of nitrogens with two attached hydrogens (primary N) is 1. The van der Waals surface area contributed by atoms with Crippen LogP contribution in [0, 0.1) is 5.92 Å². The smallest absolute Gasteiger partial charge is 0.250 e. The Kier molecular flexibility index (Phi) is 4.07. The Morgan fingerprint density at radius 1 is 1.47 bits per heavy atom. The van der Waals surface area contributed by atoms with Crippen LogP contribution in [0.2, 0.25) is 5.02 Å². The Morgan fingerprint density at radius 3 is 2.74 bits per heavy atom. The van der Waals surface area contributed by atoms with Gasteiger partial charge in [0.1, 0.15) is 0 Å². The van der Waals surface area contributed by atoms with Crippen molar-refractivity contribution in [1.29, 1.82) is 0 Å². The van der Waals surface area contributed by atoms with Crippen LogP contribution in [0.25, 0.3) is 0 Å². The molecule has 2 rings (SSSR count). The van der Waals surface area contributed by atoms with Crippen molar-refractivity contribution in [3.8, 4) is 0 Å². The van der Waals surface area contributed by atoms with Crippen molar-refractivity contribution in [2.75, 3.05) is 11.9 Å². The van der Waals surface area contributed by atoms with Gasteiger partial charge in [-0.25, -0.2) is 0 Å². The van der Waals surface area contributed by atoms with E-state index in [1.54, 1.807) is 6.07 Å². The van der Waals surface area contributed by atoms with E-state index in [4.69, 9.17) is 17.3 Å².